The van der Waals surface area contributed by atoms with Gasteiger partial charge in [0.2, 0.25) is 10.0 Å². The summed E-state index contributed by atoms with van der Waals surface area (Å²) >= 11 is 0. The fraction of sp³-hybridized carbons (Fsp3) is 1.00. The molecule has 1 atom stereocenters. The number of sulfonamides is 1. The molecule has 0 amide bonds. The summed E-state index contributed by atoms with van der Waals surface area (Å²) in [5, 5.41) is 3.06. The third-order valence-electron chi connectivity index (χ3n) is 4.27. The van der Waals surface area contributed by atoms with E-state index in [1.807, 2.05) is 7.05 Å². The molecule has 2 fully saturated rings. The predicted molar refractivity (Wildman–Crippen MR) is 77.7 cm³/mol. The van der Waals surface area contributed by atoms with Crippen molar-refractivity contribution in [3.8, 4) is 0 Å². The second kappa shape index (κ2) is 7.02. The Kier molecular flexibility index (Phi) is 5.62. The molecule has 0 spiro atoms. The van der Waals surface area contributed by atoms with Crippen molar-refractivity contribution in [3.05, 3.63) is 0 Å². The van der Waals surface area contributed by atoms with Crippen LogP contribution in [0.5, 0.6) is 0 Å². The summed E-state index contributed by atoms with van der Waals surface area (Å²) in [6.07, 6.45) is 5.36. The van der Waals surface area contributed by atoms with E-state index >= 15 is 0 Å². The van der Waals surface area contributed by atoms with E-state index < -0.39 is 10.0 Å². The van der Waals surface area contributed by atoms with E-state index in [0.29, 0.717) is 24.9 Å². The Bertz CT molecular complexity index is 372. The number of rotatable bonds is 6. The first-order valence-corrected chi connectivity index (χ1v) is 9.11. The van der Waals surface area contributed by atoms with Gasteiger partial charge in [-0.2, -0.15) is 4.31 Å². The molecular formula is C13H27N3O2S. The summed E-state index contributed by atoms with van der Waals surface area (Å²) in [7, 11) is -1.14. The van der Waals surface area contributed by atoms with Crippen LogP contribution in [0.2, 0.25) is 0 Å². The number of hydrogen-bond donors (Lipinski definition) is 1. The molecule has 112 valence electrons. The fourth-order valence-corrected chi connectivity index (χ4v) is 4.68. The molecule has 0 saturated carbocycles. The molecule has 2 aliphatic rings. The van der Waals surface area contributed by atoms with Gasteiger partial charge in [0, 0.05) is 25.7 Å². The van der Waals surface area contributed by atoms with Crippen LogP contribution in [0.4, 0.5) is 0 Å². The van der Waals surface area contributed by atoms with Gasteiger partial charge in [0.05, 0.1) is 5.75 Å². The van der Waals surface area contributed by atoms with Gasteiger partial charge >= 0.3 is 0 Å². The number of nitrogens with one attached hydrogen (secondary N) is 1. The predicted octanol–water partition coefficient (Wildman–Crippen LogP) is 0.486. The average Bonchev–Trinajstić information content (AvgIpc) is 2.43. The lowest BCUT2D eigenvalue weighted by Gasteiger charge is -2.43. The van der Waals surface area contributed by atoms with Gasteiger partial charge in [0.25, 0.3) is 0 Å². The SMILES string of the molecule is CNCCCCS(=O)(=O)N1CCN2CCCCC2C1. The Hall–Kier alpha value is -0.170. The number of hydrogen-bond acceptors (Lipinski definition) is 4. The van der Waals surface area contributed by atoms with Crippen molar-refractivity contribution >= 4 is 10.0 Å². The lowest BCUT2D eigenvalue weighted by Crippen LogP contribution is -2.56. The number of fused-ring (bicyclic) bond motifs is 1. The van der Waals surface area contributed by atoms with E-state index in [2.05, 4.69) is 10.2 Å². The zero-order valence-electron chi connectivity index (χ0n) is 12.0. The Morgan fingerprint density at radius 3 is 2.79 bits per heavy atom. The van der Waals surface area contributed by atoms with Crippen LogP contribution in [0.15, 0.2) is 0 Å². The Morgan fingerprint density at radius 1 is 1.16 bits per heavy atom. The molecular weight excluding hydrogens is 262 g/mol. The second-order valence-corrected chi connectivity index (χ2v) is 7.76. The lowest BCUT2D eigenvalue weighted by atomic mass is 10.0. The first kappa shape index (κ1) is 15.2. The summed E-state index contributed by atoms with van der Waals surface area (Å²) in [5.41, 5.74) is 0. The molecule has 1 N–H and O–H groups in total. The maximum absolute atomic E-state index is 12.3. The summed E-state index contributed by atoms with van der Waals surface area (Å²) in [6, 6.07) is 0.467. The molecule has 0 aromatic heterocycles. The third kappa shape index (κ3) is 4.15. The van der Waals surface area contributed by atoms with E-state index in [0.717, 1.165) is 38.9 Å². The molecule has 2 aliphatic heterocycles. The van der Waals surface area contributed by atoms with Gasteiger partial charge in [0.15, 0.2) is 0 Å². The molecule has 0 radical (unpaired) electrons. The average molecular weight is 289 g/mol. The molecule has 0 aromatic carbocycles. The zero-order chi connectivity index (χ0) is 13.7. The van der Waals surface area contributed by atoms with E-state index in [9.17, 15) is 8.42 Å². The van der Waals surface area contributed by atoms with Crippen molar-refractivity contribution in [1.29, 1.82) is 0 Å². The minimum absolute atomic E-state index is 0.307. The van der Waals surface area contributed by atoms with Crippen LogP contribution in [0.25, 0.3) is 0 Å². The smallest absolute Gasteiger partial charge is 0.214 e. The van der Waals surface area contributed by atoms with Crippen LogP contribution in [0.1, 0.15) is 32.1 Å². The van der Waals surface area contributed by atoms with Gasteiger partial charge in [0.1, 0.15) is 0 Å². The van der Waals surface area contributed by atoms with Gasteiger partial charge in [-0.25, -0.2) is 8.42 Å². The molecule has 0 bridgehead atoms. The topological polar surface area (TPSA) is 52.7 Å². The van der Waals surface area contributed by atoms with Crippen molar-refractivity contribution in [2.24, 2.45) is 0 Å². The van der Waals surface area contributed by atoms with Crippen LogP contribution in [-0.4, -0.2) is 69.2 Å². The van der Waals surface area contributed by atoms with Crippen molar-refractivity contribution in [1.82, 2.24) is 14.5 Å². The standard InChI is InChI=1S/C13H27N3O2S/c1-14-7-3-5-11-19(17,18)16-10-9-15-8-4-2-6-13(15)12-16/h13-14H,2-12H2,1H3. The van der Waals surface area contributed by atoms with Crippen molar-refractivity contribution in [3.63, 3.8) is 0 Å². The van der Waals surface area contributed by atoms with Crippen LogP contribution < -0.4 is 5.32 Å². The van der Waals surface area contributed by atoms with Crippen LogP contribution in [-0.2, 0) is 10.0 Å². The van der Waals surface area contributed by atoms with Crippen LogP contribution in [0.3, 0.4) is 0 Å². The van der Waals surface area contributed by atoms with Crippen LogP contribution >= 0.6 is 0 Å². The van der Waals surface area contributed by atoms with Gasteiger partial charge in [-0.05, 0) is 45.8 Å². The quantitative estimate of drug-likeness (QED) is 0.723. The highest BCUT2D eigenvalue weighted by Crippen LogP contribution is 2.22. The molecule has 1 unspecified atom stereocenters. The Labute approximate surface area is 117 Å². The maximum atomic E-state index is 12.3. The minimum Gasteiger partial charge on any atom is -0.320 e. The lowest BCUT2D eigenvalue weighted by molar-refractivity contribution is 0.0851. The number of piperidine rings is 1. The Balaban J connectivity index is 1.83. The summed E-state index contributed by atoms with van der Waals surface area (Å²) in [5.74, 6) is 0.307. The molecule has 6 heteroatoms. The Morgan fingerprint density at radius 2 is 2.00 bits per heavy atom. The fourth-order valence-electron chi connectivity index (χ4n) is 3.10. The molecule has 19 heavy (non-hydrogen) atoms. The van der Waals surface area contributed by atoms with Crippen LogP contribution in [0, 0.1) is 0 Å². The highest BCUT2D eigenvalue weighted by atomic mass is 32.2. The number of nitrogens with zero attached hydrogens (tertiary/aromatic N) is 2. The summed E-state index contributed by atoms with van der Waals surface area (Å²) < 4.78 is 26.4. The highest BCUT2D eigenvalue weighted by molar-refractivity contribution is 7.89. The van der Waals surface area contributed by atoms with Gasteiger partial charge in [-0.1, -0.05) is 6.42 Å². The first-order chi connectivity index (χ1) is 9.13. The largest absolute Gasteiger partial charge is 0.320 e. The van der Waals surface area contributed by atoms with Crippen molar-refractivity contribution in [2.45, 2.75) is 38.1 Å². The molecule has 0 aliphatic carbocycles. The van der Waals surface area contributed by atoms with Crippen molar-refractivity contribution < 1.29 is 8.42 Å². The summed E-state index contributed by atoms with van der Waals surface area (Å²) in [4.78, 5) is 2.47. The summed E-state index contributed by atoms with van der Waals surface area (Å²) in [6.45, 7) is 4.37. The molecule has 5 nitrogen and oxygen atoms in total. The second-order valence-electron chi connectivity index (χ2n) is 5.67. The normalized spacial score (nSPS) is 26.3. The van der Waals surface area contributed by atoms with Gasteiger partial charge < -0.3 is 5.32 Å². The number of unbranched alkanes of at least 4 members (excludes halogenated alkanes) is 1. The third-order valence-corrected chi connectivity index (χ3v) is 6.20. The monoisotopic (exact) mass is 289 g/mol. The molecule has 2 heterocycles. The van der Waals surface area contributed by atoms with Gasteiger partial charge in [-0.3, -0.25) is 4.90 Å². The highest BCUT2D eigenvalue weighted by Gasteiger charge is 2.33. The molecule has 2 saturated heterocycles. The minimum atomic E-state index is -3.04. The first-order valence-electron chi connectivity index (χ1n) is 7.50. The molecule has 0 aromatic rings. The van der Waals surface area contributed by atoms with E-state index in [4.69, 9.17) is 0 Å². The van der Waals surface area contributed by atoms with E-state index in [-0.39, 0.29) is 0 Å². The van der Waals surface area contributed by atoms with E-state index in [1.165, 1.54) is 12.8 Å². The zero-order valence-corrected chi connectivity index (χ0v) is 12.8. The van der Waals surface area contributed by atoms with E-state index in [1.54, 1.807) is 4.31 Å². The maximum Gasteiger partial charge on any atom is 0.214 e. The van der Waals surface area contributed by atoms with Gasteiger partial charge in [-0.15, -0.1) is 0 Å². The molecule has 2 rings (SSSR count). The van der Waals surface area contributed by atoms with Crippen molar-refractivity contribution in [2.75, 3.05) is 45.5 Å². The number of piperazine rings is 1.